The Morgan fingerprint density at radius 3 is 3.11 bits per heavy atom. The molecule has 0 amide bonds. The normalized spacial score (nSPS) is 35.1. The maximum Gasteiger partial charge on any atom is 0.126 e. The number of aliphatic hydroxyl groups excluding tert-OH is 1. The van der Waals surface area contributed by atoms with Crippen molar-refractivity contribution in [2.24, 2.45) is 5.92 Å². The fraction of sp³-hybridized carbons (Fsp3) is 0.571. The number of benzene rings is 1. The van der Waals surface area contributed by atoms with E-state index in [1.807, 2.05) is 18.2 Å². The van der Waals surface area contributed by atoms with Gasteiger partial charge in [-0.05, 0) is 31.2 Å². The monoisotopic (exact) mass is 311 g/mol. The highest BCUT2D eigenvalue weighted by molar-refractivity contribution is 9.10. The van der Waals surface area contributed by atoms with Gasteiger partial charge in [0.1, 0.15) is 11.4 Å². The molecule has 1 spiro atoms. The Labute approximate surface area is 116 Å². The number of hydrogen-bond acceptors (Lipinski definition) is 3. The predicted octanol–water partition coefficient (Wildman–Crippen LogP) is 2.63. The largest absolute Gasteiger partial charge is 0.486 e. The molecule has 0 aromatic heterocycles. The summed E-state index contributed by atoms with van der Waals surface area (Å²) < 4.78 is 7.26. The van der Waals surface area contributed by atoms with E-state index in [1.165, 1.54) is 0 Å². The van der Waals surface area contributed by atoms with Crippen molar-refractivity contribution < 1.29 is 9.84 Å². The summed E-state index contributed by atoms with van der Waals surface area (Å²) in [5.74, 6) is 1.25. The van der Waals surface area contributed by atoms with Crippen molar-refractivity contribution in [1.82, 2.24) is 5.32 Å². The standard InChI is InChI=1S/C14H18BrNO2/c1-9-8-16-5-4-14(9)7-12(17)11-6-10(15)2-3-13(11)18-14/h2-3,6,9,12,16-17H,4-5,7-8H2,1H3/t9?,12-,14?/m1/s1. The lowest BCUT2D eigenvalue weighted by molar-refractivity contribution is -0.0659. The van der Waals surface area contributed by atoms with E-state index in [0.717, 1.165) is 35.3 Å². The molecule has 1 saturated heterocycles. The molecule has 2 aliphatic rings. The van der Waals surface area contributed by atoms with Crippen molar-refractivity contribution in [2.75, 3.05) is 13.1 Å². The van der Waals surface area contributed by atoms with Crippen LogP contribution in [-0.4, -0.2) is 23.8 Å². The van der Waals surface area contributed by atoms with Crippen LogP contribution in [0.2, 0.25) is 0 Å². The Bertz CT molecular complexity index is 465. The van der Waals surface area contributed by atoms with Crippen LogP contribution >= 0.6 is 15.9 Å². The van der Waals surface area contributed by atoms with Crippen LogP contribution in [0.25, 0.3) is 0 Å². The lowest BCUT2D eigenvalue weighted by Gasteiger charge is -2.47. The first-order chi connectivity index (χ1) is 8.61. The van der Waals surface area contributed by atoms with Gasteiger partial charge in [-0.1, -0.05) is 22.9 Å². The van der Waals surface area contributed by atoms with E-state index in [-0.39, 0.29) is 5.60 Å². The third-order valence-electron chi connectivity index (χ3n) is 4.26. The fourth-order valence-electron chi connectivity index (χ4n) is 3.08. The van der Waals surface area contributed by atoms with Crippen molar-refractivity contribution in [3.05, 3.63) is 28.2 Å². The van der Waals surface area contributed by atoms with E-state index in [1.54, 1.807) is 0 Å². The van der Waals surface area contributed by atoms with Gasteiger partial charge in [-0.3, -0.25) is 0 Å². The van der Waals surface area contributed by atoms with Gasteiger partial charge in [-0.15, -0.1) is 0 Å². The highest BCUT2D eigenvalue weighted by atomic mass is 79.9. The van der Waals surface area contributed by atoms with Crippen LogP contribution in [0.1, 0.15) is 31.4 Å². The van der Waals surface area contributed by atoms with Crippen molar-refractivity contribution in [2.45, 2.75) is 31.5 Å². The minimum atomic E-state index is -0.424. The molecule has 1 aromatic carbocycles. The average Bonchev–Trinajstić information content (AvgIpc) is 2.34. The topological polar surface area (TPSA) is 41.5 Å². The molecule has 2 heterocycles. The Hall–Kier alpha value is -0.580. The molecule has 1 fully saturated rings. The number of piperidine rings is 1. The summed E-state index contributed by atoms with van der Waals surface area (Å²) in [5, 5.41) is 13.8. The molecule has 2 N–H and O–H groups in total. The summed E-state index contributed by atoms with van der Waals surface area (Å²) in [6.07, 6.45) is 1.23. The minimum Gasteiger partial charge on any atom is -0.486 e. The van der Waals surface area contributed by atoms with Gasteiger partial charge in [-0.25, -0.2) is 0 Å². The Morgan fingerprint density at radius 2 is 2.33 bits per heavy atom. The molecule has 98 valence electrons. The van der Waals surface area contributed by atoms with Crippen LogP contribution < -0.4 is 10.1 Å². The Morgan fingerprint density at radius 1 is 1.50 bits per heavy atom. The second-order valence-electron chi connectivity index (χ2n) is 5.42. The van der Waals surface area contributed by atoms with Crippen LogP contribution in [0, 0.1) is 5.92 Å². The van der Waals surface area contributed by atoms with Gasteiger partial charge in [0.15, 0.2) is 0 Å². The summed E-state index contributed by atoms with van der Waals surface area (Å²) >= 11 is 3.44. The van der Waals surface area contributed by atoms with Crippen molar-refractivity contribution in [3.8, 4) is 5.75 Å². The number of nitrogens with one attached hydrogen (secondary N) is 1. The van der Waals surface area contributed by atoms with E-state index >= 15 is 0 Å². The van der Waals surface area contributed by atoms with Crippen molar-refractivity contribution in [3.63, 3.8) is 0 Å². The number of rotatable bonds is 0. The van der Waals surface area contributed by atoms with E-state index in [2.05, 4.69) is 28.2 Å². The summed E-state index contributed by atoms with van der Waals surface area (Å²) in [6.45, 7) is 4.12. The molecule has 1 aromatic rings. The molecular weight excluding hydrogens is 294 g/mol. The highest BCUT2D eigenvalue weighted by Gasteiger charge is 2.45. The first-order valence-corrected chi connectivity index (χ1v) is 7.27. The first-order valence-electron chi connectivity index (χ1n) is 6.48. The molecule has 0 saturated carbocycles. The van der Waals surface area contributed by atoms with Gasteiger partial charge in [0.2, 0.25) is 0 Å². The Balaban J connectivity index is 1.98. The van der Waals surface area contributed by atoms with Gasteiger partial charge >= 0.3 is 0 Å². The Kier molecular flexibility index (Phi) is 3.12. The van der Waals surface area contributed by atoms with Crippen LogP contribution in [0.4, 0.5) is 0 Å². The highest BCUT2D eigenvalue weighted by Crippen LogP contribution is 2.45. The quantitative estimate of drug-likeness (QED) is 0.774. The minimum absolute atomic E-state index is 0.203. The number of hydrogen-bond donors (Lipinski definition) is 2. The maximum absolute atomic E-state index is 10.4. The number of ether oxygens (including phenoxy) is 1. The third kappa shape index (κ3) is 1.96. The zero-order valence-electron chi connectivity index (χ0n) is 10.4. The maximum atomic E-state index is 10.4. The molecule has 3 nitrogen and oxygen atoms in total. The lowest BCUT2D eigenvalue weighted by atomic mass is 9.76. The number of fused-ring (bicyclic) bond motifs is 1. The molecule has 18 heavy (non-hydrogen) atoms. The number of aliphatic hydroxyl groups is 1. The summed E-state index contributed by atoms with van der Waals surface area (Å²) in [7, 11) is 0. The van der Waals surface area contributed by atoms with Gasteiger partial charge in [0.25, 0.3) is 0 Å². The van der Waals surface area contributed by atoms with E-state index < -0.39 is 6.10 Å². The van der Waals surface area contributed by atoms with Gasteiger partial charge < -0.3 is 15.2 Å². The van der Waals surface area contributed by atoms with Crippen LogP contribution in [0.5, 0.6) is 5.75 Å². The molecule has 4 heteroatoms. The lowest BCUT2D eigenvalue weighted by Crippen LogP contribution is -2.55. The molecule has 0 bridgehead atoms. The molecule has 3 atom stereocenters. The van der Waals surface area contributed by atoms with Gasteiger partial charge in [0, 0.05) is 28.9 Å². The molecule has 0 radical (unpaired) electrons. The molecular formula is C14H18BrNO2. The SMILES string of the molecule is CC1CNCCC12C[C@@H](O)c1cc(Br)ccc1O2. The smallest absolute Gasteiger partial charge is 0.126 e. The summed E-state index contributed by atoms with van der Waals surface area (Å²) in [6, 6.07) is 5.88. The van der Waals surface area contributed by atoms with E-state index in [9.17, 15) is 5.11 Å². The molecule has 2 aliphatic heterocycles. The second kappa shape index (κ2) is 4.51. The van der Waals surface area contributed by atoms with Crippen LogP contribution in [0.3, 0.4) is 0 Å². The fourth-order valence-corrected chi connectivity index (χ4v) is 3.46. The zero-order valence-corrected chi connectivity index (χ0v) is 12.0. The predicted molar refractivity (Wildman–Crippen MR) is 73.7 cm³/mol. The summed E-state index contributed by atoms with van der Waals surface area (Å²) in [5.41, 5.74) is 0.701. The number of halogens is 1. The molecule has 2 unspecified atom stereocenters. The van der Waals surface area contributed by atoms with E-state index in [0.29, 0.717) is 12.3 Å². The summed E-state index contributed by atoms with van der Waals surface area (Å²) in [4.78, 5) is 0. The van der Waals surface area contributed by atoms with Crippen molar-refractivity contribution in [1.29, 1.82) is 0 Å². The van der Waals surface area contributed by atoms with Crippen LogP contribution in [-0.2, 0) is 0 Å². The zero-order chi connectivity index (χ0) is 12.8. The van der Waals surface area contributed by atoms with Crippen molar-refractivity contribution >= 4 is 15.9 Å². The molecule has 3 rings (SSSR count). The third-order valence-corrected chi connectivity index (χ3v) is 4.75. The first kappa shape index (κ1) is 12.5. The van der Waals surface area contributed by atoms with Gasteiger partial charge in [0.05, 0.1) is 6.10 Å². The molecule has 0 aliphatic carbocycles. The average molecular weight is 312 g/mol. The van der Waals surface area contributed by atoms with Crippen LogP contribution in [0.15, 0.2) is 22.7 Å². The second-order valence-corrected chi connectivity index (χ2v) is 6.34. The van der Waals surface area contributed by atoms with E-state index in [4.69, 9.17) is 4.74 Å². The van der Waals surface area contributed by atoms with Gasteiger partial charge in [-0.2, -0.15) is 0 Å².